The predicted octanol–water partition coefficient (Wildman–Crippen LogP) is 6.82. The van der Waals surface area contributed by atoms with E-state index in [0.717, 1.165) is 25.7 Å². The van der Waals surface area contributed by atoms with Crippen LogP contribution in [0.25, 0.3) is 0 Å². The van der Waals surface area contributed by atoms with Gasteiger partial charge in [0.05, 0.1) is 28.1 Å². The lowest BCUT2D eigenvalue weighted by Gasteiger charge is -2.38. The topological polar surface area (TPSA) is 73.5 Å². The SMILES string of the molecule is CN(C)C1CCCCC1NC(=S)NC(c1ccccc1)C(NS(=O)(=O)c1cc(C(F)(F)F)cc(C(F)(F)F)c1)c1ccccc1. The first-order valence-electron chi connectivity index (χ1n) is 14.2. The number of hydrogen-bond donors (Lipinski definition) is 3. The standard InChI is InChI=1S/C31H34F6N4O2S2/c1-41(2)26-16-10-9-15-25(26)38-29(44)39-27(20-11-5-3-6-12-20)28(21-13-7-4-8-14-21)40-45(42,43)24-18-22(30(32,33)34)17-23(19-24)31(35,36)37/h3-8,11-14,17-19,25-28,40H,9-10,15-16H2,1-2H3,(H2,38,39,44). The fourth-order valence-electron chi connectivity index (χ4n) is 5.57. The molecule has 1 aliphatic carbocycles. The first-order chi connectivity index (χ1) is 21.1. The summed E-state index contributed by atoms with van der Waals surface area (Å²) in [6.07, 6.45) is -6.57. The molecule has 3 aromatic rings. The molecule has 0 aromatic heterocycles. The molecule has 1 saturated carbocycles. The minimum Gasteiger partial charge on any atom is -0.358 e. The summed E-state index contributed by atoms with van der Waals surface area (Å²) in [5, 5.41) is 6.77. The number of sulfonamides is 1. The van der Waals surface area contributed by atoms with Crippen molar-refractivity contribution in [3.8, 4) is 0 Å². The highest BCUT2D eigenvalue weighted by Crippen LogP contribution is 2.38. The van der Waals surface area contributed by atoms with Gasteiger partial charge in [0.15, 0.2) is 5.11 Å². The van der Waals surface area contributed by atoms with Gasteiger partial charge >= 0.3 is 12.4 Å². The molecule has 4 unspecified atom stereocenters. The van der Waals surface area contributed by atoms with Crippen molar-refractivity contribution in [1.82, 2.24) is 20.3 Å². The van der Waals surface area contributed by atoms with Gasteiger partial charge in [-0.3, -0.25) is 0 Å². The zero-order valence-electron chi connectivity index (χ0n) is 24.5. The summed E-state index contributed by atoms with van der Waals surface area (Å²) in [6, 6.07) is 15.2. The third-order valence-electron chi connectivity index (χ3n) is 7.80. The quantitative estimate of drug-likeness (QED) is 0.171. The summed E-state index contributed by atoms with van der Waals surface area (Å²) in [5.74, 6) is 0. The summed E-state index contributed by atoms with van der Waals surface area (Å²) in [7, 11) is -1.01. The molecule has 14 heteroatoms. The number of benzene rings is 3. The summed E-state index contributed by atoms with van der Waals surface area (Å²) < 4.78 is 111. The van der Waals surface area contributed by atoms with Crippen LogP contribution in [0.5, 0.6) is 0 Å². The number of nitrogens with one attached hydrogen (secondary N) is 3. The Hall–Kier alpha value is -3.20. The molecule has 1 fully saturated rings. The average molecular weight is 673 g/mol. The molecule has 4 rings (SSSR count). The van der Waals surface area contributed by atoms with Crippen molar-refractivity contribution in [2.75, 3.05) is 14.1 Å². The van der Waals surface area contributed by atoms with Crippen LogP contribution in [0.2, 0.25) is 0 Å². The van der Waals surface area contributed by atoms with Gasteiger partial charge < -0.3 is 15.5 Å². The van der Waals surface area contributed by atoms with Crippen LogP contribution in [0.15, 0.2) is 83.8 Å². The number of nitrogens with zero attached hydrogens (tertiary/aromatic N) is 1. The van der Waals surface area contributed by atoms with E-state index in [4.69, 9.17) is 12.2 Å². The highest BCUT2D eigenvalue weighted by Gasteiger charge is 2.39. The van der Waals surface area contributed by atoms with Gasteiger partial charge in [0.1, 0.15) is 0 Å². The minimum atomic E-state index is -5.22. The van der Waals surface area contributed by atoms with Gasteiger partial charge in [-0.05, 0) is 68.5 Å². The van der Waals surface area contributed by atoms with Crippen molar-refractivity contribution in [1.29, 1.82) is 0 Å². The van der Waals surface area contributed by atoms with Crippen LogP contribution >= 0.6 is 12.2 Å². The zero-order chi connectivity index (χ0) is 33.0. The molecule has 1 aliphatic rings. The van der Waals surface area contributed by atoms with Crippen molar-refractivity contribution in [3.63, 3.8) is 0 Å². The van der Waals surface area contributed by atoms with E-state index < -0.39 is 50.5 Å². The van der Waals surface area contributed by atoms with Gasteiger partial charge in [-0.15, -0.1) is 0 Å². The fraction of sp³-hybridized carbons (Fsp3) is 0.387. The van der Waals surface area contributed by atoms with Crippen LogP contribution in [0.3, 0.4) is 0 Å². The predicted molar refractivity (Wildman–Crippen MR) is 164 cm³/mol. The lowest BCUT2D eigenvalue weighted by Crippen LogP contribution is -2.54. The summed E-state index contributed by atoms with van der Waals surface area (Å²) >= 11 is 5.70. The van der Waals surface area contributed by atoms with Crippen molar-refractivity contribution >= 4 is 27.4 Å². The van der Waals surface area contributed by atoms with Crippen molar-refractivity contribution in [2.45, 2.75) is 67.1 Å². The maximum absolute atomic E-state index is 13.7. The Morgan fingerprint density at radius 2 is 1.29 bits per heavy atom. The second-order valence-corrected chi connectivity index (χ2v) is 13.3. The van der Waals surface area contributed by atoms with E-state index in [9.17, 15) is 34.8 Å². The Kier molecular flexibility index (Phi) is 10.8. The molecule has 0 amide bonds. The Bertz CT molecular complexity index is 1520. The second-order valence-electron chi connectivity index (χ2n) is 11.2. The van der Waals surface area contributed by atoms with E-state index in [0.29, 0.717) is 11.1 Å². The van der Waals surface area contributed by atoms with Gasteiger partial charge in [0.25, 0.3) is 0 Å². The van der Waals surface area contributed by atoms with Crippen molar-refractivity contribution in [2.24, 2.45) is 0 Å². The molecular weight excluding hydrogens is 638 g/mol. The first-order valence-corrected chi connectivity index (χ1v) is 16.1. The first kappa shape index (κ1) is 34.7. The summed E-state index contributed by atoms with van der Waals surface area (Å²) in [5.41, 5.74) is -2.50. The van der Waals surface area contributed by atoms with Crippen LogP contribution in [-0.2, 0) is 22.4 Å². The van der Waals surface area contributed by atoms with Gasteiger partial charge in [-0.1, -0.05) is 73.5 Å². The Morgan fingerprint density at radius 3 is 1.78 bits per heavy atom. The van der Waals surface area contributed by atoms with Gasteiger partial charge in [0, 0.05) is 12.1 Å². The van der Waals surface area contributed by atoms with E-state index in [2.05, 4.69) is 20.3 Å². The van der Waals surface area contributed by atoms with Crippen molar-refractivity contribution < 1.29 is 34.8 Å². The number of thiocarbonyl (C=S) groups is 1. The minimum absolute atomic E-state index is 0.00272. The third-order valence-corrected chi connectivity index (χ3v) is 9.46. The molecule has 0 bridgehead atoms. The van der Waals surface area contributed by atoms with E-state index >= 15 is 0 Å². The van der Waals surface area contributed by atoms with Gasteiger partial charge in [-0.25, -0.2) is 13.1 Å². The van der Waals surface area contributed by atoms with Gasteiger partial charge in [-0.2, -0.15) is 26.3 Å². The maximum atomic E-state index is 13.7. The van der Waals surface area contributed by atoms with Gasteiger partial charge in [0.2, 0.25) is 10.0 Å². The number of rotatable bonds is 9. The highest BCUT2D eigenvalue weighted by molar-refractivity contribution is 7.89. The average Bonchev–Trinajstić information content (AvgIpc) is 2.99. The molecule has 0 spiro atoms. The number of hydrogen-bond acceptors (Lipinski definition) is 4. The number of alkyl halides is 6. The van der Waals surface area contributed by atoms with E-state index in [1.54, 1.807) is 60.7 Å². The Labute approximate surface area is 264 Å². The molecule has 0 heterocycles. The molecule has 0 radical (unpaired) electrons. The summed E-state index contributed by atoms with van der Waals surface area (Å²) in [4.78, 5) is 0.938. The third kappa shape index (κ3) is 8.96. The van der Waals surface area contributed by atoms with E-state index in [-0.39, 0.29) is 35.4 Å². The van der Waals surface area contributed by atoms with Crippen LogP contribution in [0.1, 0.15) is 60.0 Å². The Morgan fingerprint density at radius 1 is 0.800 bits per heavy atom. The number of halogens is 6. The molecule has 4 atom stereocenters. The normalized spacial score (nSPS) is 19.1. The second kappa shape index (κ2) is 14.1. The van der Waals surface area contributed by atoms with Crippen LogP contribution < -0.4 is 15.4 Å². The van der Waals surface area contributed by atoms with E-state index in [1.807, 2.05) is 14.1 Å². The molecule has 0 aliphatic heterocycles. The maximum Gasteiger partial charge on any atom is 0.416 e. The molecule has 0 saturated heterocycles. The van der Waals surface area contributed by atoms with Crippen molar-refractivity contribution in [3.05, 3.63) is 101 Å². The molecule has 3 aromatic carbocycles. The molecule has 244 valence electrons. The highest BCUT2D eigenvalue weighted by atomic mass is 32.2. The Balaban J connectivity index is 1.76. The largest absolute Gasteiger partial charge is 0.416 e. The zero-order valence-corrected chi connectivity index (χ0v) is 26.1. The molecule has 6 nitrogen and oxygen atoms in total. The monoisotopic (exact) mass is 672 g/mol. The molecule has 3 N–H and O–H groups in total. The molecular formula is C31H34F6N4O2S2. The fourth-order valence-corrected chi connectivity index (χ4v) is 7.16. The number of likely N-dealkylation sites (N-methyl/N-ethyl adjacent to an activating group) is 1. The van der Waals surface area contributed by atoms with E-state index in [1.165, 1.54) is 0 Å². The molecule has 45 heavy (non-hydrogen) atoms. The summed E-state index contributed by atoms with van der Waals surface area (Å²) in [6.45, 7) is 0. The lowest BCUT2D eigenvalue weighted by atomic mass is 9.89. The van der Waals surface area contributed by atoms with Crippen LogP contribution in [0, 0.1) is 0 Å². The van der Waals surface area contributed by atoms with Crippen LogP contribution in [0.4, 0.5) is 26.3 Å². The smallest absolute Gasteiger partial charge is 0.358 e. The van der Waals surface area contributed by atoms with Crippen LogP contribution in [-0.4, -0.2) is 44.6 Å². The lowest BCUT2D eigenvalue weighted by molar-refractivity contribution is -0.143.